The average molecular weight is 340 g/mol. The van der Waals surface area contributed by atoms with Crippen molar-refractivity contribution in [3.63, 3.8) is 0 Å². The number of halogens is 3. The van der Waals surface area contributed by atoms with E-state index in [0.29, 0.717) is 23.8 Å². The summed E-state index contributed by atoms with van der Waals surface area (Å²) < 4.78 is 46.5. The van der Waals surface area contributed by atoms with E-state index < -0.39 is 11.7 Å². The van der Waals surface area contributed by atoms with Crippen molar-refractivity contribution >= 4 is 0 Å². The molecule has 0 atom stereocenters. The minimum atomic E-state index is -4.37. The topological polar surface area (TPSA) is 27.1 Å². The highest BCUT2D eigenvalue weighted by Crippen LogP contribution is 2.33. The van der Waals surface area contributed by atoms with Gasteiger partial charge in [0.1, 0.15) is 5.75 Å². The molecule has 0 saturated heterocycles. The maximum Gasteiger partial charge on any atom is 0.416 e. The van der Waals surface area contributed by atoms with Gasteiger partial charge in [0.25, 0.3) is 0 Å². The van der Waals surface area contributed by atoms with Gasteiger partial charge in [0.2, 0.25) is 0 Å². The number of aromatic nitrogens is 2. The molecular formula is C18H23F3N2O. The second kappa shape index (κ2) is 7.73. The fourth-order valence-electron chi connectivity index (χ4n) is 2.48. The molecule has 0 radical (unpaired) electrons. The molecule has 3 nitrogen and oxygen atoms in total. The summed E-state index contributed by atoms with van der Waals surface area (Å²) in [5.74, 6) is 0.886. The molecule has 2 rings (SSSR count). The van der Waals surface area contributed by atoms with Crippen molar-refractivity contribution in [2.24, 2.45) is 5.92 Å². The van der Waals surface area contributed by atoms with Crippen molar-refractivity contribution in [1.29, 1.82) is 0 Å². The molecular weight excluding hydrogens is 317 g/mol. The lowest BCUT2D eigenvalue weighted by Crippen LogP contribution is -2.14. The van der Waals surface area contributed by atoms with Gasteiger partial charge in [-0.15, -0.1) is 0 Å². The van der Waals surface area contributed by atoms with E-state index in [-0.39, 0.29) is 6.54 Å². The Morgan fingerprint density at radius 2 is 1.88 bits per heavy atom. The van der Waals surface area contributed by atoms with Crippen LogP contribution in [0.5, 0.6) is 5.75 Å². The monoisotopic (exact) mass is 340 g/mol. The zero-order valence-electron chi connectivity index (χ0n) is 14.2. The van der Waals surface area contributed by atoms with Crippen LogP contribution in [0.1, 0.15) is 43.5 Å². The molecule has 0 fully saturated rings. The van der Waals surface area contributed by atoms with Crippen LogP contribution in [0.2, 0.25) is 0 Å². The Bertz CT molecular complexity index is 661. The number of ether oxygens (including phenoxy) is 1. The Kier molecular flexibility index (Phi) is 5.91. The van der Waals surface area contributed by atoms with Crippen molar-refractivity contribution in [2.45, 2.75) is 46.3 Å². The van der Waals surface area contributed by atoms with Gasteiger partial charge in [0.05, 0.1) is 18.7 Å². The molecule has 0 unspecified atom stereocenters. The minimum Gasteiger partial charge on any atom is -0.493 e. The lowest BCUT2D eigenvalue weighted by molar-refractivity contribution is -0.137. The van der Waals surface area contributed by atoms with E-state index in [1.807, 2.05) is 13.0 Å². The number of nitrogens with zero attached hydrogens (tertiary/aromatic N) is 2. The molecule has 0 bridgehead atoms. The van der Waals surface area contributed by atoms with Gasteiger partial charge in [-0.3, -0.25) is 4.68 Å². The average Bonchev–Trinajstić information content (AvgIpc) is 2.93. The standard InChI is InChI=1S/C18H23F3N2O/c1-4-14(5-2)12-24-17-7-6-16(18(19,20)21)10-15(17)11-23-13(3)8-9-22-23/h6-10,14H,4-5,11-12H2,1-3H3. The molecule has 0 aliphatic heterocycles. The zero-order chi connectivity index (χ0) is 17.7. The number of alkyl halides is 3. The van der Waals surface area contributed by atoms with Gasteiger partial charge in [-0.2, -0.15) is 18.3 Å². The molecule has 0 saturated carbocycles. The lowest BCUT2D eigenvalue weighted by Gasteiger charge is -2.18. The van der Waals surface area contributed by atoms with E-state index in [1.165, 1.54) is 6.07 Å². The summed E-state index contributed by atoms with van der Waals surface area (Å²) in [6, 6.07) is 5.46. The fraction of sp³-hybridized carbons (Fsp3) is 0.500. The summed E-state index contributed by atoms with van der Waals surface area (Å²) >= 11 is 0. The van der Waals surface area contributed by atoms with Crippen molar-refractivity contribution in [1.82, 2.24) is 9.78 Å². The highest BCUT2D eigenvalue weighted by molar-refractivity contribution is 5.38. The van der Waals surface area contributed by atoms with Gasteiger partial charge in [0, 0.05) is 17.5 Å². The lowest BCUT2D eigenvalue weighted by atomic mass is 10.0. The SMILES string of the molecule is CCC(CC)COc1ccc(C(F)(F)F)cc1Cn1nccc1C. The third kappa shape index (κ3) is 4.52. The molecule has 0 aliphatic rings. The summed E-state index contributed by atoms with van der Waals surface area (Å²) in [7, 11) is 0. The Labute approximate surface area is 140 Å². The number of hydrogen-bond acceptors (Lipinski definition) is 2. The molecule has 24 heavy (non-hydrogen) atoms. The van der Waals surface area contributed by atoms with Crippen LogP contribution in [0.4, 0.5) is 13.2 Å². The van der Waals surface area contributed by atoms with Gasteiger partial charge in [-0.05, 0) is 37.1 Å². The fourth-order valence-corrected chi connectivity index (χ4v) is 2.48. The normalized spacial score (nSPS) is 12.0. The highest BCUT2D eigenvalue weighted by Gasteiger charge is 2.31. The Balaban J connectivity index is 2.29. The molecule has 2 aromatic rings. The van der Waals surface area contributed by atoms with E-state index in [2.05, 4.69) is 18.9 Å². The summed E-state index contributed by atoms with van der Waals surface area (Å²) in [4.78, 5) is 0. The van der Waals surface area contributed by atoms with E-state index in [0.717, 1.165) is 30.7 Å². The predicted molar refractivity (Wildman–Crippen MR) is 87.1 cm³/mol. The molecule has 0 aliphatic carbocycles. The number of aryl methyl sites for hydroxylation is 1. The highest BCUT2D eigenvalue weighted by atomic mass is 19.4. The Morgan fingerprint density at radius 1 is 1.17 bits per heavy atom. The Hall–Kier alpha value is -1.98. The van der Waals surface area contributed by atoms with Crippen LogP contribution in [-0.2, 0) is 12.7 Å². The second-order valence-corrected chi connectivity index (χ2v) is 5.94. The van der Waals surface area contributed by atoms with Gasteiger partial charge < -0.3 is 4.74 Å². The van der Waals surface area contributed by atoms with E-state index in [4.69, 9.17) is 4.74 Å². The number of hydrogen-bond donors (Lipinski definition) is 0. The largest absolute Gasteiger partial charge is 0.493 e. The first kappa shape index (κ1) is 18.4. The van der Waals surface area contributed by atoms with E-state index in [9.17, 15) is 13.2 Å². The Morgan fingerprint density at radius 3 is 2.42 bits per heavy atom. The van der Waals surface area contributed by atoms with Crippen molar-refractivity contribution in [3.8, 4) is 5.75 Å². The van der Waals surface area contributed by atoms with Crippen LogP contribution >= 0.6 is 0 Å². The second-order valence-electron chi connectivity index (χ2n) is 5.94. The number of rotatable bonds is 7. The minimum absolute atomic E-state index is 0.251. The molecule has 132 valence electrons. The summed E-state index contributed by atoms with van der Waals surface area (Å²) in [6.45, 7) is 6.78. The van der Waals surface area contributed by atoms with Crippen molar-refractivity contribution in [2.75, 3.05) is 6.61 Å². The van der Waals surface area contributed by atoms with Gasteiger partial charge in [0.15, 0.2) is 0 Å². The smallest absolute Gasteiger partial charge is 0.416 e. The van der Waals surface area contributed by atoms with E-state index in [1.54, 1.807) is 10.9 Å². The maximum absolute atomic E-state index is 13.0. The third-order valence-electron chi connectivity index (χ3n) is 4.27. The van der Waals surface area contributed by atoms with Crippen molar-refractivity contribution in [3.05, 3.63) is 47.3 Å². The zero-order valence-corrected chi connectivity index (χ0v) is 14.2. The van der Waals surface area contributed by atoms with Crippen LogP contribution in [0.3, 0.4) is 0 Å². The van der Waals surface area contributed by atoms with Crippen LogP contribution in [-0.4, -0.2) is 16.4 Å². The summed E-state index contributed by atoms with van der Waals surface area (Å²) in [5.41, 5.74) is 0.707. The molecule has 0 spiro atoms. The van der Waals surface area contributed by atoms with Crippen LogP contribution in [0.25, 0.3) is 0 Å². The first-order chi connectivity index (χ1) is 11.3. The van der Waals surface area contributed by atoms with Crippen molar-refractivity contribution < 1.29 is 17.9 Å². The van der Waals surface area contributed by atoms with Crippen LogP contribution in [0, 0.1) is 12.8 Å². The quantitative estimate of drug-likeness (QED) is 0.703. The first-order valence-corrected chi connectivity index (χ1v) is 8.16. The summed E-state index contributed by atoms with van der Waals surface area (Å²) in [5, 5.41) is 4.15. The molecule has 1 aromatic carbocycles. The predicted octanol–water partition coefficient (Wildman–Crippen LogP) is 5.07. The molecule has 1 heterocycles. The molecule has 1 aromatic heterocycles. The summed E-state index contributed by atoms with van der Waals surface area (Å²) in [6.07, 6.45) is -0.787. The molecule has 0 N–H and O–H groups in total. The first-order valence-electron chi connectivity index (χ1n) is 8.16. The van der Waals surface area contributed by atoms with E-state index >= 15 is 0 Å². The van der Waals surface area contributed by atoms with Gasteiger partial charge >= 0.3 is 6.18 Å². The molecule has 6 heteroatoms. The molecule has 0 amide bonds. The maximum atomic E-state index is 13.0. The third-order valence-corrected chi connectivity index (χ3v) is 4.27. The van der Waals surface area contributed by atoms with Gasteiger partial charge in [-0.1, -0.05) is 26.7 Å². The number of benzene rings is 1. The van der Waals surface area contributed by atoms with Gasteiger partial charge in [-0.25, -0.2) is 0 Å². The van der Waals surface area contributed by atoms with Crippen LogP contribution in [0.15, 0.2) is 30.5 Å². The van der Waals surface area contributed by atoms with Crippen LogP contribution < -0.4 is 4.74 Å².